The van der Waals surface area contributed by atoms with Gasteiger partial charge in [-0.3, -0.25) is 9.69 Å². The van der Waals surface area contributed by atoms with Gasteiger partial charge >= 0.3 is 6.01 Å². The summed E-state index contributed by atoms with van der Waals surface area (Å²) in [7, 11) is 0. The van der Waals surface area contributed by atoms with Gasteiger partial charge in [-0.25, -0.2) is 13.2 Å². The Balaban J connectivity index is 1.17. The number of halogens is 4. The van der Waals surface area contributed by atoms with Crippen LogP contribution in [0, 0.1) is 28.9 Å². The van der Waals surface area contributed by atoms with Crippen LogP contribution in [0.5, 0.6) is 11.8 Å². The second-order valence-corrected chi connectivity index (χ2v) is 16.2. The molecule has 0 spiro atoms. The number of hydrogen-bond acceptors (Lipinski definition) is 11. The first-order valence-electron chi connectivity index (χ1n) is 18.1. The van der Waals surface area contributed by atoms with E-state index < -0.39 is 23.3 Å². The van der Waals surface area contributed by atoms with Crippen LogP contribution in [0.4, 0.5) is 24.0 Å². The van der Waals surface area contributed by atoms with Gasteiger partial charge in [0.1, 0.15) is 47.6 Å². The van der Waals surface area contributed by atoms with Crippen molar-refractivity contribution in [1.29, 1.82) is 5.26 Å². The van der Waals surface area contributed by atoms with E-state index in [1.807, 2.05) is 15.9 Å². The molecule has 4 fully saturated rings. The zero-order valence-electron chi connectivity index (χ0n) is 28.8. The summed E-state index contributed by atoms with van der Waals surface area (Å²) in [4.78, 5) is 28.8. The Labute approximate surface area is 312 Å². The van der Waals surface area contributed by atoms with Gasteiger partial charge in [0, 0.05) is 62.7 Å². The standard InChI is InChI=1S/C37H37ClF3N7O4S/c38-29-27(22-2-3-24(40)33-26(22)23(14-42)34(43)53-33)30(41)31-28-32(29)51-11-9-48(21-4-8-46(16-21)25(49)12-19-5-10-50-17-19)35(28)45-36(44-31)52-18-37-6-1-7-47(37)15-20(39)13-37/h2-3,19-21H,1,4-13,15-18,43H2/t19-,20+,21?,37-/m0/s1. The molecule has 4 aromatic rings. The summed E-state index contributed by atoms with van der Waals surface area (Å²) >= 11 is 7.98. The molecule has 5 aliphatic rings. The highest BCUT2D eigenvalue weighted by Crippen LogP contribution is 2.51. The molecule has 16 heteroatoms. The molecule has 4 atom stereocenters. The number of rotatable bonds is 7. The van der Waals surface area contributed by atoms with Gasteiger partial charge in [-0.05, 0) is 49.8 Å². The summed E-state index contributed by atoms with van der Waals surface area (Å²) in [5, 5.41) is 10.4. The molecule has 2 N–H and O–H groups in total. The van der Waals surface area contributed by atoms with Crippen molar-refractivity contribution in [2.45, 2.75) is 56.3 Å². The molecule has 0 radical (unpaired) electrons. The lowest BCUT2D eigenvalue weighted by Gasteiger charge is -2.32. The Hall–Kier alpha value is -4.10. The van der Waals surface area contributed by atoms with Gasteiger partial charge in [-0.15, -0.1) is 11.3 Å². The molecule has 7 heterocycles. The fourth-order valence-electron chi connectivity index (χ4n) is 9.09. The predicted molar refractivity (Wildman–Crippen MR) is 194 cm³/mol. The van der Waals surface area contributed by atoms with Gasteiger partial charge in [0.05, 0.1) is 32.8 Å². The topological polar surface area (TPSA) is 130 Å². The van der Waals surface area contributed by atoms with Crippen molar-refractivity contribution in [3.05, 3.63) is 34.4 Å². The number of carbonyl (C=O) groups is 1. The molecular weight excluding hydrogens is 731 g/mol. The number of fused-ring (bicyclic) bond motifs is 2. The van der Waals surface area contributed by atoms with E-state index in [2.05, 4.69) is 9.88 Å². The van der Waals surface area contributed by atoms with E-state index in [4.69, 9.17) is 36.5 Å². The number of aromatic nitrogens is 2. The van der Waals surface area contributed by atoms with E-state index in [1.165, 1.54) is 12.1 Å². The summed E-state index contributed by atoms with van der Waals surface area (Å²) in [5.74, 6) is -0.657. The lowest BCUT2D eigenvalue weighted by Crippen LogP contribution is -2.43. The van der Waals surface area contributed by atoms with Crippen molar-refractivity contribution in [2.24, 2.45) is 5.92 Å². The molecule has 2 aromatic carbocycles. The number of ether oxygens (including phenoxy) is 3. The van der Waals surface area contributed by atoms with Gasteiger partial charge in [0.15, 0.2) is 11.6 Å². The fourth-order valence-corrected chi connectivity index (χ4v) is 10.4. The zero-order valence-corrected chi connectivity index (χ0v) is 30.4. The molecule has 0 saturated carbocycles. The third-order valence-electron chi connectivity index (χ3n) is 11.7. The number of carbonyl (C=O) groups excluding carboxylic acids is 1. The first-order chi connectivity index (χ1) is 25.7. The molecule has 4 saturated heterocycles. The molecule has 9 rings (SSSR count). The zero-order chi connectivity index (χ0) is 36.6. The number of nitrogens with zero attached hydrogens (tertiary/aromatic N) is 6. The number of thiophene rings is 1. The Kier molecular flexibility index (Phi) is 8.72. The van der Waals surface area contributed by atoms with Gasteiger partial charge in [0.2, 0.25) is 5.91 Å². The number of likely N-dealkylation sites (tertiary alicyclic amines) is 1. The maximum Gasteiger partial charge on any atom is 0.319 e. The Morgan fingerprint density at radius 2 is 2.04 bits per heavy atom. The van der Waals surface area contributed by atoms with E-state index in [9.17, 15) is 14.4 Å². The molecule has 0 aliphatic carbocycles. The number of hydrogen-bond donors (Lipinski definition) is 1. The lowest BCUT2D eigenvalue weighted by molar-refractivity contribution is -0.131. The van der Waals surface area contributed by atoms with E-state index in [-0.39, 0.29) is 90.5 Å². The number of alkyl halides is 1. The summed E-state index contributed by atoms with van der Waals surface area (Å²) in [6.45, 7) is 3.99. The number of nitriles is 1. The molecule has 11 nitrogen and oxygen atoms in total. The highest BCUT2D eigenvalue weighted by molar-refractivity contribution is 7.23. The van der Waals surface area contributed by atoms with Crippen molar-refractivity contribution in [3.8, 4) is 29.0 Å². The number of nitrogens with two attached hydrogens (primary N) is 1. The third-order valence-corrected chi connectivity index (χ3v) is 13.1. The maximum atomic E-state index is 17.4. The van der Waals surface area contributed by atoms with Crippen LogP contribution in [0.15, 0.2) is 12.1 Å². The van der Waals surface area contributed by atoms with Crippen LogP contribution in [0.1, 0.15) is 44.1 Å². The number of benzene rings is 2. The molecule has 53 heavy (non-hydrogen) atoms. The molecule has 278 valence electrons. The summed E-state index contributed by atoms with van der Waals surface area (Å²) in [5.41, 5.74) is 5.54. The Bertz CT molecular complexity index is 2200. The van der Waals surface area contributed by atoms with Gasteiger partial charge < -0.3 is 29.7 Å². The van der Waals surface area contributed by atoms with Crippen molar-refractivity contribution < 1.29 is 32.2 Å². The van der Waals surface area contributed by atoms with E-state index >= 15 is 8.78 Å². The van der Waals surface area contributed by atoms with Crippen molar-refractivity contribution >= 4 is 60.7 Å². The molecule has 1 amide bonds. The van der Waals surface area contributed by atoms with Crippen LogP contribution in [0.3, 0.4) is 0 Å². The monoisotopic (exact) mass is 767 g/mol. The van der Waals surface area contributed by atoms with Crippen LogP contribution >= 0.6 is 22.9 Å². The molecule has 5 aliphatic heterocycles. The number of anilines is 2. The van der Waals surface area contributed by atoms with Crippen LogP contribution in [0.2, 0.25) is 5.02 Å². The highest BCUT2D eigenvalue weighted by Gasteiger charge is 2.49. The molecule has 1 unspecified atom stereocenters. The van der Waals surface area contributed by atoms with Crippen LogP contribution < -0.4 is 20.1 Å². The Morgan fingerprint density at radius 3 is 2.85 bits per heavy atom. The summed E-state index contributed by atoms with van der Waals surface area (Å²) < 4.78 is 65.3. The molecular formula is C37H37ClF3N7O4S. The van der Waals surface area contributed by atoms with Crippen LogP contribution in [0.25, 0.3) is 32.1 Å². The summed E-state index contributed by atoms with van der Waals surface area (Å²) in [6.07, 6.45) is 2.98. The summed E-state index contributed by atoms with van der Waals surface area (Å²) in [6, 6.07) is 4.34. The normalized spacial score (nSPS) is 25.6. The third kappa shape index (κ3) is 5.71. The van der Waals surface area contributed by atoms with Crippen molar-refractivity contribution in [3.63, 3.8) is 0 Å². The van der Waals surface area contributed by atoms with E-state index in [0.717, 1.165) is 37.1 Å². The average molecular weight is 768 g/mol. The van der Waals surface area contributed by atoms with Gasteiger partial charge in [-0.2, -0.15) is 15.2 Å². The van der Waals surface area contributed by atoms with Crippen LogP contribution in [-0.4, -0.2) is 103 Å². The number of amides is 1. The molecule has 0 bridgehead atoms. The Morgan fingerprint density at radius 1 is 1.17 bits per heavy atom. The highest BCUT2D eigenvalue weighted by atomic mass is 35.5. The van der Waals surface area contributed by atoms with Crippen molar-refractivity contribution in [1.82, 2.24) is 19.8 Å². The SMILES string of the molecule is N#Cc1c(N)sc2c(F)ccc(-c3c(Cl)c4c5c(nc(OC[C@@]67CCCN6C[C@H](F)C7)nc5c3F)N(C3CCN(C(=O)C[C@@H]5CCOC5)C3)CCO4)c12. The van der Waals surface area contributed by atoms with E-state index in [0.29, 0.717) is 64.5 Å². The minimum atomic E-state index is -0.968. The minimum absolute atomic E-state index is 0.0179. The fraction of sp³-hybridized carbons (Fsp3) is 0.514. The maximum absolute atomic E-state index is 17.4. The molecule has 2 aromatic heterocycles. The van der Waals surface area contributed by atoms with E-state index in [1.54, 1.807) is 0 Å². The largest absolute Gasteiger partial charge is 0.489 e. The van der Waals surface area contributed by atoms with Gasteiger partial charge in [0.25, 0.3) is 0 Å². The lowest BCUT2D eigenvalue weighted by atomic mass is 9.95. The number of nitrogen functional groups attached to an aromatic ring is 1. The first-order valence-corrected chi connectivity index (χ1v) is 19.3. The predicted octanol–water partition coefficient (Wildman–Crippen LogP) is 6.08. The second kappa shape index (κ2) is 13.3. The minimum Gasteiger partial charge on any atom is -0.489 e. The van der Waals surface area contributed by atoms with Crippen molar-refractivity contribution in [2.75, 3.05) is 69.8 Å². The van der Waals surface area contributed by atoms with Crippen LogP contribution in [-0.2, 0) is 9.53 Å². The second-order valence-electron chi connectivity index (χ2n) is 14.8. The van der Waals surface area contributed by atoms with Gasteiger partial charge in [-0.1, -0.05) is 17.7 Å². The average Bonchev–Trinajstić information content (AvgIpc) is 3.97. The first kappa shape index (κ1) is 34.7. The quantitative estimate of drug-likeness (QED) is 0.236. The smallest absolute Gasteiger partial charge is 0.319 e.